The van der Waals surface area contributed by atoms with Crippen LogP contribution in [0.2, 0.25) is 0 Å². The monoisotopic (exact) mass is 253 g/mol. The number of nitrogens with zero attached hydrogens (tertiary/aromatic N) is 2. The predicted molar refractivity (Wildman–Crippen MR) is 73.6 cm³/mol. The summed E-state index contributed by atoms with van der Waals surface area (Å²) in [4.78, 5) is 16.6. The van der Waals surface area contributed by atoms with Gasteiger partial charge in [-0.25, -0.2) is 0 Å². The number of amides is 1. The zero-order valence-electron chi connectivity index (χ0n) is 11.7. The Hall–Kier alpha value is -0.610. The molecule has 1 N–H and O–H groups in total. The lowest BCUT2D eigenvalue weighted by Gasteiger charge is -2.29. The Bertz CT molecular complexity index is 256. The zero-order chi connectivity index (χ0) is 12.8. The van der Waals surface area contributed by atoms with Crippen LogP contribution in [-0.2, 0) is 4.79 Å². The van der Waals surface area contributed by atoms with E-state index in [4.69, 9.17) is 0 Å². The van der Waals surface area contributed by atoms with Gasteiger partial charge in [-0.1, -0.05) is 19.3 Å². The molecule has 1 unspecified atom stereocenters. The minimum absolute atomic E-state index is 0.325. The molecule has 4 heteroatoms. The lowest BCUT2D eigenvalue weighted by molar-refractivity contribution is -0.132. The number of nitrogens with one attached hydrogen (secondary N) is 1. The van der Waals surface area contributed by atoms with Crippen molar-refractivity contribution in [2.75, 3.05) is 39.8 Å². The van der Waals surface area contributed by atoms with Crippen molar-refractivity contribution in [3.05, 3.63) is 0 Å². The molecule has 0 aromatic carbocycles. The first-order valence-electron chi connectivity index (χ1n) is 7.46. The van der Waals surface area contributed by atoms with Crippen molar-refractivity contribution >= 4 is 5.91 Å². The standard InChI is InChI=1S/C14H27N3O/c1-16(13-7-8-15-11-13)12-14(18)17-9-5-3-2-4-6-10-17/h13,15H,2-12H2,1H3. The smallest absolute Gasteiger partial charge is 0.236 e. The van der Waals surface area contributed by atoms with E-state index in [0.717, 1.165) is 26.2 Å². The molecule has 2 rings (SSSR count). The molecule has 1 amide bonds. The Balaban J connectivity index is 1.77. The van der Waals surface area contributed by atoms with Crippen molar-refractivity contribution < 1.29 is 4.79 Å². The van der Waals surface area contributed by atoms with Crippen LogP contribution < -0.4 is 5.32 Å². The van der Waals surface area contributed by atoms with Crippen molar-refractivity contribution in [1.82, 2.24) is 15.1 Å². The van der Waals surface area contributed by atoms with Gasteiger partial charge in [0.05, 0.1) is 6.54 Å². The molecule has 0 bridgehead atoms. The Morgan fingerprint density at radius 3 is 2.50 bits per heavy atom. The average Bonchev–Trinajstić information content (AvgIpc) is 2.81. The fourth-order valence-corrected chi connectivity index (χ4v) is 2.95. The number of likely N-dealkylation sites (tertiary alicyclic amines) is 1. The minimum atomic E-state index is 0.325. The first-order chi connectivity index (χ1) is 8.77. The molecule has 0 radical (unpaired) electrons. The maximum Gasteiger partial charge on any atom is 0.236 e. The second kappa shape index (κ2) is 7.10. The quantitative estimate of drug-likeness (QED) is 0.817. The number of hydrogen-bond donors (Lipinski definition) is 1. The summed E-state index contributed by atoms with van der Waals surface area (Å²) >= 11 is 0. The molecular formula is C14H27N3O. The van der Waals surface area contributed by atoms with Gasteiger partial charge in [0.2, 0.25) is 5.91 Å². The van der Waals surface area contributed by atoms with E-state index in [1.807, 2.05) is 0 Å². The van der Waals surface area contributed by atoms with Crippen LogP contribution in [0, 0.1) is 0 Å². The van der Waals surface area contributed by atoms with Crippen molar-refractivity contribution in [1.29, 1.82) is 0 Å². The van der Waals surface area contributed by atoms with Gasteiger partial charge in [0, 0.05) is 25.7 Å². The summed E-state index contributed by atoms with van der Waals surface area (Å²) in [7, 11) is 2.08. The van der Waals surface area contributed by atoms with Gasteiger partial charge in [-0.15, -0.1) is 0 Å². The maximum absolute atomic E-state index is 12.3. The van der Waals surface area contributed by atoms with Gasteiger partial charge in [-0.3, -0.25) is 9.69 Å². The highest BCUT2D eigenvalue weighted by molar-refractivity contribution is 5.78. The van der Waals surface area contributed by atoms with E-state index in [0.29, 0.717) is 18.5 Å². The zero-order valence-corrected chi connectivity index (χ0v) is 11.7. The Labute approximate surface area is 111 Å². The lowest BCUT2D eigenvalue weighted by Crippen LogP contribution is -2.44. The third-order valence-corrected chi connectivity index (χ3v) is 4.25. The molecule has 1 atom stereocenters. The van der Waals surface area contributed by atoms with Gasteiger partial charge in [-0.2, -0.15) is 0 Å². The number of likely N-dealkylation sites (N-methyl/N-ethyl adjacent to an activating group) is 1. The molecule has 0 aromatic heterocycles. The normalized spacial score (nSPS) is 26.1. The molecule has 104 valence electrons. The largest absolute Gasteiger partial charge is 0.342 e. The van der Waals surface area contributed by atoms with E-state index < -0.39 is 0 Å². The molecule has 2 heterocycles. The second-order valence-corrected chi connectivity index (χ2v) is 5.71. The van der Waals surface area contributed by atoms with Crippen LogP contribution >= 0.6 is 0 Å². The topological polar surface area (TPSA) is 35.6 Å². The number of carbonyl (C=O) groups excluding carboxylic acids is 1. The van der Waals surface area contributed by atoms with Crippen molar-refractivity contribution in [2.45, 2.75) is 44.6 Å². The van der Waals surface area contributed by atoms with E-state index in [-0.39, 0.29) is 0 Å². The fraction of sp³-hybridized carbons (Fsp3) is 0.929. The SMILES string of the molecule is CN(CC(=O)N1CCCCCCC1)C1CCNC1. The molecule has 0 aromatic rings. The van der Waals surface area contributed by atoms with Crippen molar-refractivity contribution in [2.24, 2.45) is 0 Å². The van der Waals surface area contributed by atoms with Crippen LogP contribution in [0.1, 0.15) is 38.5 Å². The van der Waals surface area contributed by atoms with E-state index in [2.05, 4.69) is 22.2 Å². The molecule has 2 aliphatic rings. The molecule has 2 saturated heterocycles. The fourth-order valence-electron chi connectivity index (χ4n) is 2.95. The van der Waals surface area contributed by atoms with Gasteiger partial charge in [-0.05, 0) is 32.9 Å². The summed E-state index contributed by atoms with van der Waals surface area (Å²) in [5.41, 5.74) is 0. The predicted octanol–water partition coefficient (Wildman–Crippen LogP) is 1.07. The van der Waals surface area contributed by atoms with Crippen LogP contribution in [-0.4, -0.2) is 61.5 Å². The van der Waals surface area contributed by atoms with Gasteiger partial charge in [0.15, 0.2) is 0 Å². The molecule has 0 aliphatic carbocycles. The van der Waals surface area contributed by atoms with Crippen LogP contribution in [0.15, 0.2) is 0 Å². The molecule has 0 saturated carbocycles. The number of rotatable bonds is 3. The summed E-state index contributed by atoms with van der Waals surface area (Å²) in [6.45, 7) is 4.65. The second-order valence-electron chi connectivity index (χ2n) is 5.71. The Morgan fingerprint density at radius 1 is 1.22 bits per heavy atom. The highest BCUT2D eigenvalue weighted by Gasteiger charge is 2.23. The van der Waals surface area contributed by atoms with E-state index >= 15 is 0 Å². The summed E-state index contributed by atoms with van der Waals surface area (Å²) in [6.07, 6.45) is 7.44. The Morgan fingerprint density at radius 2 is 1.89 bits per heavy atom. The summed E-state index contributed by atoms with van der Waals surface area (Å²) in [5.74, 6) is 0.325. The lowest BCUT2D eigenvalue weighted by atomic mass is 10.1. The van der Waals surface area contributed by atoms with Crippen molar-refractivity contribution in [3.8, 4) is 0 Å². The van der Waals surface area contributed by atoms with Crippen LogP contribution in [0.3, 0.4) is 0 Å². The molecule has 2 fully saturated rings. The van der Waals surface area contributed by atoms with E-state index in [9.17, 15) is 4.79 Å². The van der Waals surface area contributed by atoms with Crippen LogP contribution in [0.5, 0.6) is 0 Å². The molecule has 0 spiro atoms. The third-order valence-electron chi connectivity index (χ3n) is 4.25. The maximum atomic E-state index is 12.3. The molecular weight excluding hydrogens is 226 g/mol. The third kappa shape index (κ3) is 3.95. The average molecular weight is 253 g/mol. The summed E-state index contributed by atoms with van der Waals surface area (Å²) in [5, 5.41) is 3.36. The molecule has 2 aliphatic heterocycles. The Kier molecular flexibility index (Phi) is 5.45. The minimum Gasteiger partial charge on any atom is -0.342 e. The number of carbonyl (C=O) groups is 1. The van der Waals surface area contributed by atoms with Gasteiger partial charge < -0.3 is 10.2 Å². The van der Waals surface area contributed by atoms with Crippen LogP contribution in [0.25, 0.3) is 0 Å². The van der Waals surface area contributed by atoms with Gasteiger partial charge in [0.25, 0.3) is 0 Å². The van der Waals surface area contributed by atoms with E-state index in [1.165, 1.54) is 38.5 Å². The van der Waals surface area contributed by atoms with E-state index in [1.54, 1.807) is 0 Å². The molecule has 4 nitrogen and oxygen atoms in total. The van der Waals surface area contributed by atoms with Gasteiger partial charge >= 0.3 is 0 Å². The number of hydrogen-bond acceptors (Lipinski definition) is 3. The highest BCUT2D eigenvalue weighted by atomic mass is 16.2. The summed E-state index contributed by atoms with van der Waals surface area (Å²) in [6, 6.07) is 0.545. The highest BCUT2D eigenvalue weighted by Crippen LogP contribution is 2.12. The van der Waals surface area contributed by atoms with Crippen molar-refractivity contribution in [3.63, 3.8) is 0 Å². The first-order valence-corrected chi connectivity index (χ1v) is 7.46. The first kappa shape index (κ1) is 13.8. The molecule has 18 heavy (non-hydrogen) atoms. The summed E-state index contributed by atoms with van der Waals surface area (Å²) < 4.78 is 0. The van der Waals surface area contributed by atoms with Gasteiger partial charge in [0.1, 0.15) is 0 Å². The van der Waals surface area contributed by atoms with Crippen LogP contribution in [0.4, 0.5) is 0 Å².